The first-order valence-electron chi connectivity index (χ1n) is 6.47. The van der Waals surface area contributed by atoms with Crippen LogP contribution in [0.3, 0.4) is 0 Å². The molecule has 98 valence electrons. The van der Waals surface area contributed by atoms with Crippen LogP contribution in [0.15, 0.2) is 34.6 Å². The summed E-state index contributed by atoms with van der Waals surface area (Å²) < 4.78 is 6.51. The van der Waals surface area contributed by atoms with Crippen molar-refractivity contribution in [2.45, 2.75) is 32.2 Å². The molecule has 1 unspecified atom stereocenters. The van der Waals surface area contributed by atoms with Gasteiger partial charge in [0.2, 0.25) is 0 Å². The highest BCUT2D eigenvalue weighted by atomic mass is 79.9. The standard InChI is InChI=1S/C14H19BrN2O/c1-2-7-16-13(11-5-4-9-18-10-11)14-12(15)6-3-8-17-14/h3,6,8,10,13,16H,2,4-5,7,9H2,1H3. The van der Waals surface area contributed by atoms with E-state index in [0.29, 0.717) is 0 Å². The van der Waals surface area contributed by atoms with Crippen LogP contribution in [0, 0.1) is 0 Å². The van der Waals surface area contributed by atoms with Crippen LogP contribution in [0.5, 0.6) is 0 Å². The van der Waals surface area contributed by atoms with Crippen LogP contribution in [0.1, 0.15) is 37.9 Å². The summed E-state index contributed by atoms with van der Waals surface area (Å²) in [5.41, 5.74) is 2.33. The molecular formula is C14H19BrN2O. The summed E-state index contributed by atoms with van der Waals surface area (Å²) in [6, 6.07) is 4.13. The van der Waals surface area contributed by atoms with E-state index in [4.69, 9.17) is 4.74 Å². The summed E-state index contributed by atoms with van der Waals surface area (Å²) in [6.07, 6.45) is 7.00. The summed E-state index contributed by atoms with van der Waals surface area (Å²) in [5, 5.41) is 3.56. The highest BCUT2D eigenvalue weighted by Crippen LogP contribution is 2.30. The van der Waals surface area contributed by atoms with E-state index in [0.717, 1.165) is 42.6 Å². The number of aromatic nitrogens is 1. The summed E-state index contributed by atoms with van der Waals surface area (Å²) in [4.78, 5) is 4.50. The minimum absolute atomic E-state index is 0.154. The van der Waals surface area contributed by atoms with Crippen molar-refractivity contribution >= 4 is 15.9 Å². The van der Waals surface area contributed by atoms with Gasteiger partial charge in [-0.15, -0.1) is 0 Å². The first kappa shape index (κ1) is 13.6. The van der Waals surface area contributed by atoms with E-state index in [1.807, 2.05) is 24.6 Å². The predicted molar refractivity (Wildman–Crippen MR) is 76.2 cm³/mol. The molecule has 18 heavy (non-hydrogen) atoms. The highest BCUT2D eigenvalue weighted by molar-refractivity contribution is 9.10. The number of halogens is 1. The van der Waals surface area contributed by atoms with Gasteiger partial charge in [-0.2, -0.15) is 0 Å². The fourth-order valence-corrected chi connectivity index (χ4v) is 2.58. The summed E-state index contributed by atoms with van der Waals surface area (Å²) in [5.74, 6) is 0. The number of ether oxygens (including phenoxy) is 1. The van der Waals surface area contributed by atoms with E-state index in [9.17, 15) is 0 Å². The van der Waals surface area contributed by atoms with Crippen molar-refractivity contribution in [1.82, 2.24) is 10.3 Å². The van der Waals surface area contributed by atoms with Gasteiger partial charge in [0.15, 0.2) is 0 Å². The van der Waals surface area contributed by atoms with Gasteiger partial charge in [-0.05, 0) is 59.4 Å². The highest BCUT2D eigenvalue weighted by Gasteiger charge is 2.21. The average Bonchev–Trinajstić information content (AvgIpc) is 2.42. The Bertz CT molecular complexity index is 420. The fourth-order valence-electron chi connectivity index (χ4n) is 2.10. The normalized spacial score (nSPS) is 16.9. The lowest BCUT2D eigenvalue weighted by atomic mass is 9.98. The van der Waals surface area contributed by atoms with Crippen molar-refractivity contribution in [3.63, 3.8) is 0 Å². The van der Waals surface area contributed by atoms with Crippen molar-refractivity contribution in [3.8, 4) is 0 Å². The molecule has 1 N–H and O–H groups in total. The van der Waals surface area contributed by atoms with Gasteiger partial charge in [0, 0.05) is 10.7 Å². The Kier molecular flexibility index (Phi) is 5.20. The molecule has 2 rings (SSSR count). The van der Waals surface area contributed by atoms with E-state index in [1.165, 1.54) is 5.57 Å². The van der Waals surface area contributed by atoms with Gasteiger partial charge < -0.3 is 10.1 Å². The Labute approximate surface area is 117 Å². The molecule has 1 aromatic rings. The molecule has 1 aliphatic rings. The van der Waals surface area contributed by atoms with Crippen LogP contribution in [0.25, 0.3) is 0 Å². The number of pyridine rings is 1. The van der Waals surface area contributed by atoms with E-state index < -0.39 is 0 Å². The molecule has 0 bridgehead atoms. The Morgan fingerprint density at radius 2 is 2.44 bits per heavy atom. The van der Waals surface area contributed by atoms with Crippen molar-refractivity contribution in [2.24, 2.45) is 0 Å². The molecule has 0 spiro atoms. The Balaban J connectivity index is 2.24. The van der Waals surface area contributed by atoms with E-state index in [1.54, 1.807) is 0 Å². The third kappa shape index (κ3) is 3.33. The molecule has 0 aromatic carbocycles. The molecule has 1 aromatic heterocycles. The zero-order valence-corrected chi connectivity index (χ0v) is 12.2. The van der Waals surface area contributed by atoms with E-state index in [2.05, 4.69) is 33.2 Å². The number of nitrogens with one attached hydrogen (secondary N) is 1. The van der Waals surface area contributed by atoms with Gasteiger partial charge in [0.05, 0.1) is 24.6 Å². The molecule has 3 nitrogen and oxygen atoms in total. The van der Waals surface area contributed by atoms with Crippen molar-refractivity contribution in [1.29, 1.82) is 0 Å². The monoisotopic (exact) mass is 310 g/mol. The summed E-state index contributed by atoms with van der Waals surface area (Å²) >= 11 is 3.58. The smallest absolute Gasteiger partial charge is 0.0876 e. The van der Waals surface area contributed by atoms with E-state index in [-0.39, 0.29) is 6.04 Å². The summed E-state index contributed by atoms with van der Waals surface area (Å²) in [7, 11) is 0. The second-order valence-electron chi connectivity index (χ2n) is 4.42. The summed E-state index contributed by atoms with van der Waals surface area (Å²) in [6.45, 7) is 3.97. The van der Waals surface area contributed by atoms with E-state index >= 15 is 0 Å². The largest absolute Gasteiger partial charge is 0.501 e. The molecule has 0 aliphatic carbocycles. The molecule has 0 saturated heterocycles. The number of nitrogens with zero attached hydrogens (tertiary/aromatic N) is 1. The molecule has 0 amide bonds. The molecule has 1 aliphatic heterocycles. The molecule has 0 saturated carbocycles. The quantitative estimate of drug-likeness (QED) is 0.902. The lowest BCUT2D eigenvalue weighted by molar-refractivity contribution is 0.219. The third-order valence-electron chi connectivity index (χ3n) is 2.99. The molecule has 4 heteroatoms. The second-order valence-corrected chi connectivity index (χ2v) is 5.28. The molecule has 0 radical (unpaired) electrons. The SMILES string of the molecule is CCCNC(C1=COCCC1)c1ncccc1Br. The minimum atomic E-state index is 0.154. The maximum absolute atomic E-state index is 5.46. The van der Waals surface area contributed by atoms with Gasteiger partial charge in [0.1, 0.15) is 0 Å². The topological polar surface area (TPSA) is 34.1 Å². The van der Waals surface area contributed by atoms with Crippen molar-refractivity contribution < 1.29 is 4.74 Å². The van der Waals surface area contributed by atoms with Crippen LogP contribution >= 0.6 is 15.9 Å². The van der Waals surface area contributed by atoms with Crippen LogP contribution in [0.4, 0.5) is 0 Å². The lowest BCUT2D eigenvalue weighted by Crippen LogP contribution is -2.26. The zero-order valence-electron chi connectivity index (χ0n) is 10.7. The maximum atomic E-state index is 5.46. The number of hydrogen-bond acceptors (Lipinski definition) is 3. The Morgan fingerprint density at radius 1 is 1.56 bits per heavy atom. The molecular weight excluding hydrogens is 292 g/mol. The number of rotatable bonds is 5. The maximum Gasteiger partial charge on any atom is 0.0876 e. The molecule has 0 fully saturated rings. The minimum Gasteiger partial charge on any atom is -0.501 e. The lowest BCUT2D eigenvalue weighted by Gasteiger charge is -2.24. The van der Waals surface area contributed by atoms with Gasteiger partial charge >= 0.3 is 0 Å². The van der Waals surface area contributed by atoms with Crippen LogP contribution in [-0.2, 0) is 4.74 Å². The van der Waals surface area contributed by atoms with Crippen molar-refractivity contribution in [2.75, 3.05) is 13.2 Å². The first-order chi connectivity index (χ1) is 8.83. The Morgan fingerprint density at radius 3 is 3.11 bits per heavy atom. The second kappa shape index (κ2) is 6.90. The average molecular weight is 311 g/mol. The first-order valence-corrected chi connectivity index (χ1v) is 7.26. The fraction of sp³-hybridized carbons (Fsp3) is 0.500. The van der Waals surface area contributed by atoms with Crippen LogP contribution in [-0.4, -0.2) is 18.1 Å². The molecule has 2 heterocycles. The predicted octanol–water partition coefficient (Wildman–Crippen LogP) is 3.58. The zero-order chi connectivity index (χ0) is 12.8. The van der Waals surface area contributed by atoms with Gasteiger partial charge in [-0.1, -0.05) is 6.92 Å². The van der Waals surface area contributed by atoms with Gasteiger partial charge in [-0.25, -0.2) is 0 Å². The van der Waals surface area contributed by atoms with Crippen LogP contribution in [0.2, 0.25) is 0 Å². The Hall–Kier alpha value is -0.870. The third-order valence-corrected chi connectivity index (χ3v) is 3.66. The molecule has 1 atom stereocenters. The van der Waals surface area contributed by atoms with Gasteiger partial charge in [0.25, 0.3) is 0 Å². The number of hydrogen-bond donors (Lipinski definition) is 1. The van der Waals surface area contributed by atoms with Gasteiger partial charge in [-0.3, -0.25) is 4.98 Å². The van der Waals surface area contributed by atoms with Crippen molar-refractivity contribution in [3.05, 3.63) is 40.3 Å². The van der Waals surface area contributed by atoms with Crippen LogP contribution < -0.4 is 5.32 Å².